The van der Waals surface area contributed by atoms with E-state index in [-0.39, 0.29) is 11.4 Å². The Bertz CT molecular complexity index is 750. The maximum atomic E-state index is 12.1. The number of hydrogen-bond donors (Lipinski definition) is 2. The third-order valence-corrected chi connectivity index (χ3v) is 5.58. The zero-order chi connectivity index (χ0) is 17.0. The normalized spacial score (nSPS) is 14.7. The minimum Gasteiger partial charge on any atom is -0.423 e. The van der Waals surface area contributed by atoms with Crippen molar-refractivity contribution in [3.05, 3.63) is 51.9 Å². The smallest absolute Gasteiger partial charge is 0.397 e. The molecule has 23 heavy (non-hydrogen) atoms. The molecular weight excluding hydrogens is 367 g/mol. The monoisotopic (exact) mass is 378 g/mol. The molecule has 12 heteroatoms. The maximum absolute atomic E-state index is 12.1. The van der Waals surface area contributed by atoms with Gasteiger partial charge < -0.3 is 9.42 Å². The van der Waals surface area contributed by atoms with Crippen molar-refractivity contribution in [1.29, 1.82) is 0 Å². The Morgan fingerprint density at radius 3 is 2.48 bits per heavy atom. The average molecular weight is 378 g/mol. The van der Waals surface area contributed by atoms with Gasteiger partial charge in [0.05, 0.1) is 4.92 Å². The van der Waals surface area contributed by atoms with Gasteiger partial charge in [0, 0.05) is 12.1 Å². The van der Waals surface area contributed by atoms with Gasteiger partial charge in [-0.2, -0.15) is 0 Å². The van der Waals surface area contributed by atoms with Gasteiger partial charge in [-0.3, -0.25) is 14.7 Å². The number of anilines is 1. The van der Waals surface area contributed by atoms with Crippen molar-refractivity contribution in [2.24, 2.45) is 0 Å². The van der Waals surface area contributed by atoms with E-state index in [4.69, 9.17) is 4.52 Å². The molecule has 2 rings (SSSR count). The van der Waals surface area contributed by atoms with Crippen molar-refractivity contribution in [2.75, 3.05) is 10.6 Å². The lowest BCUT2D eigenvalue weighted by molar-refractivity contribution is -0.384. The summed E-state index contributed by atoms with van der Waals surface area (Å²) in [4.78, 5) is 19.8. The van der Waals surface area contributed by atoms with Crippen LogP contribution in [-0.4, -0.2) is 24.9 Å². The topological polar surface area (TPSA) is 130 Å². The summed E-state index contributed by atoms with van der Waals surface area (Å²) in [6.07, 6.45) is -0.715. The van der Waals surface area contributed by atoms with Crippen molar-refractivity contribution in [3.63, 3.8) is 0 Å². The van der Waals surface area contributed by atoms with Gasteiger partial charge in [0.1, 0.15) is 17.0 Å². The lowest BCUT2D eigenvalue weighted by Crippen LogP contribution is -2.26. The Morgan fingerprint density at radius 2 is 2.00 bits per heavy atom. The van der Waals surface area contributed by atoms with E-state index >= 15 is 0 Å². The van der Waals surface area contributed by atoms with Crippen LogP contribution in [0, 0.1) is 10.1 Å². The molecule has 0 bridgehead atoms. The van der Waals surface area contributed by atoms with E-state index < -0.39 is 30.1 Å². The first-order valence-corrected chi connectivity index (χ1v) is 9.67. The van der Waals surface area contributed by atoms with Crippen LogP contribution in [-0.2, 0) is 15.8 Å². The molecule has 0 saturated carbocycles. The molecule has 0 radical (unpaired) electrons. The standard InChI is InChI=1S/C11H11N2O7PS2/c14-13(15)9-3-5-10(6-4-9)20-21(16,17)8-12(23(18)19)11-2-1-7-22-11/h1-7H,8H2,(H,16,17)(H,18,19). The molecule has 0 amide bonds. The van der Waals surface area contributed by atoms with Crippen LogP contribution in [0.1, 0.15) is 0 Å². The van der Waals surface area contributed by atoms with Crippen LogP contribution in [0.4, 0.5) is 10.7 Å². The summed E-state index contributed by atoms with van der Waals surface area (Å²) in [7, 11) is -4.29. The Kier molecular flexibility index (Phi) is 5.50. The van der Waals surface area contributed by atoms with Crippen molar-refractivity contribution >= 4 is 40.9 Å². The number of rotatable bonds is 7. The molecule has 0 aliphatic rings. The molecule has 0 saturated heterocycles. The minimum atomic E-state index is -4.29. The van der Waals surface area contributed by atoms with Gasteiger partial charge in [-0.05, 0) is 29.6 Å². The van der Waals surface area contributed by atoms with Crippen molar-refractivity contribution in [3.8, 4) is 5.75 Å². The highest BCUT2D eigenvalue weighted by molar-refractivity contribution is 7.81. The van der Waals surface area contributed by atoms with Crippen molar-refractivity contribution in [1.82, 2.24) is 0 Å². The SMILES string of the molecule is O=[N+]([O-])c1ccc(OP(=O)(O)CN(c2cccs2)S(=O)O)cc1. The number of benzene rings is 1. The first kappa shape index (κ1) is 17.6. The summed E-state index contributed by atoms with van der Waals surface area (Å²) < 4.78 is 38.4. The van der Waals surface area contributed by atoms with Crippen LogP contribution in [0.3, 0.4) is 0 Å². The molecule has 2 atom stereocenters. The molecule has 2 N–H and O–H groups in total. The Morgan fingerprint density at radius 1 is 1.35 bits per heavy atom. The molecule has 0 aliphatic carbocycles. The fraction of sp³-hybridized carbons (Fsp3) is 0.0909. The zero-order valence-electron chi connectivity index (χ0n) is 11.3. The Labute approximate surface area is 137 Å². The third kappa shape index (κ3) is 4.85. The van der Waals surface area contributed by atoms with Gasteiger partial charge in [-0.1, -0.05) is 0 Å². The predicted molar refractivity (Wildman–Crippen MR) is 86.0 cm³/mol. The fourth-order valence-electron chi connectivity index (χ4n) is 1.59. The molecule has 124 valence electrons. The second-order valence-electron chi connectivity index (χ2n) is 4.18. The predicted octanol–water partition coefficient (Wildman–Crippen LogP) is 2.82. The first-order chi connectivity index (χ1) is 10.8. The number of hydrogen-bond acceptors (Lipinski definition) is 6. The summed E-state index contributed by atoms with van der Waals surface area (Å²) >= 11 is -1.38. The van der Waals surface area contributed by atoms with E-state index in [0.29, 0.717) is 5.00 Å². The summed E-state index contributed by atoms with van der Waals surface area (Å²) in [5.74, 6) is -0.0590. The van der Waals surface area contributed by atoms with Gasteiger partial charge in [0.25, 0.3) is 17.0 Å². The molecule has 0 aliphatic heterocycles. The first-order valence-electron chi connectivity index (χ1n) is 5.96. The Hall–Kier alpha value is -1.78. The molecule has 0 fully saturated rings. The van der Waals surface area contributed by atoms with Crippen LogP contribution < -0.4 is 8.83 Å². The largest absolute Gasteiger partial charge is 0.423 e. The van der Waals surface area contributed by atoms with Crippen LogP contribution in [0.25, 0.3) is 0 Å². The molecule has 9 nitrogen and oxygen atoms in total. The summed E-state index contributed by atoms with van der Waals surface area (Å²) in [5, 5.41) is 12.5. The van der Waals surface area contributed by atoms with Gasteiger partial charge in [0.2, 0.25) is 0 Å². The Balaban J connectivity index is 2.13. The maximum Gasteiger partial charge on any atom is 0.397 e. The second kappa shape index (κ2) is 7.20. The van der Waals surface area contributed by atoms with E-state index in [1.807, 2.05) is 0 Å². The highest BCUT2D eigenvalue weighted by atomic mass is 32.2. The van der Waals surface area contributed by atoms with Gasteiger partial charge in [-0.25, -0.2) is 13.1 Å². The van der Waals surface area contributed by atoms with E-state index in [1.165, 1.54) is 18.2 Å². The van der Waals surface area contributed by atoms with Crippen molar-refractivity contribution < 1.29 is 27.7 Å². The molecule has 1 aromatic carbocycles. The van der Waals surface area contributed by atoms with Crippen LogP contribution in [0.2, 0.25) is 0 Å². The van der Waals surface area contributed by atoms with E-state index in [9.17, 15) is 28.3 Å². The van der Waals surface area contributed by atoms with Gasteiger partial charge >= 0.3 is 7.60 Å². The van der Waals surface area contributed by atoms with Crippen LogP contribution in [0.5, 0.6) is 5.75 Å². The average Bonchev–Trinajstić information content (AvgIpc) is 2.98. The molecule has 2 aromatic rings. The van der Waals surface area contributed by atoms with Crippen molar-refractivity contribution in [2.45, 2.75) is 0 Å². The number of non-ortho nitro benzene ring substituents is 1. The van der Waals surface area contributed by atoms with E-state index in [1.54, 1.807) is 11.4 Å². The quantitative estimate of drug-likeness (QED) is 0.328. The zero-order valence-corrected chi connectivity index (χ0v) is 13.9. The fourth-order valence-corrected chi connectivity index (χ4v) is 4.68. The van der Waals surface area contributed by atoms with Gasteiger partial charge in [-0.15, -0.1) is 11.3 Å². The number of nitrogens with zero attached hydrogens (tertiary/aromatic N) is 2. The highest BCUT2D eigenvalue weighted by Gasteiger charge is 2.29. The molecule has 1 aromatic heterocycles. The number of thiophene rings is 1. The minimum absolute atomic E-state index is 0.0590. The number of nitro benzene ring substituents is 1. The van der Waals surface area contributed by atoms with Crippen LogP contribution >= 0.6 is 18.9 Å². The van der Waals surface area contributed by atoms with E-state index in [0.717, 1.165) is 27.8 Å². The molecular formula is C11H11N2O7PS2. The molecule has 1 heterocycles. The van der Waals surface area contributed by atoms with E-state index in [2.05, 4.69) is 0 Å². The summed E-state index contributed by atoms with van der Waals surface area (Å²) in [5.41, 5.74) is -0.193. The lowest BCUT2D eigenvalue weighted by atomic mass is 10.3. The number of nitro groups is 1. The second-order valence-corrected chi connectivity index (χ2v) is 7.75. The molecule has 2 unspecified atom stereocenters. The summed E-state index contributed by atoms with van der Waals surface area (Å²) in [6.45, 7) is 0. The van der Waals surface area contributed by atoms with Gasteiger partial charge in [0.15, 0.2) is 0 Å². The van der Waals surface area contributed by atoms with Crippen LogP contribution in [0.15, 0.2) is 41.8 Å². The lowest BCUT2D eigenvalue weighted by Gasteiger charge is -2.21. The summed E-state index contributed by atoms with van der Waals surface area (Å²) in [6, 6.07) is 7.73. The molecule has 0 spiro atoms. The highest BCUT2D eigenvalue weighted by Crippen LogP contribution is 2.45. The third-order valence-electron chi connectivity index (χ3n) is 2.54.